The number of alkyl halides is 6. The number of nitrogens with zero attached hydrogens (tertiary/aromatic N) is 2. The molecule has 0 radical (unpaired) electrons. The van der Waals surface area contributed by atoms with E-state index in [2.05, 4.69) is 35.4 Å². The smallest absolute Gasteiger partial charge is 0.475 e. The van der Waals surface area contributed by atoms with Gasteiger partial charge in [-0.25, -0.2) is 9.59 Å². The molecule has 2 atom stereocenters. The summed E-state index contributed by atoms with van der Waals surface area (Å²) in [5, 5.41) is 14.2. The summed E-state index contributed by atoms with van der Waals surface area (Å²) in [4.78, 5) is 26.0. The number of hydrogen-bond donors (Lipinski definition) is 2. The molecule has 3 rings (SSSR count). The van der Waals surface area contributed by atoms with Crippen LogP contribution in [0.3, 0.4) is 0 Å². The van der Waals surface area contributed by atoms with Crippen molar-refractivity contribution in [3.8, 4) is 0 Å². The summed E-state index contributed by atoms with van der Waals surface area (Å²) in [6, 6.07) is 6.10. The highest BCUT2D eigenvalue weighted by Gasteiger charge is 2.41. The highest BCUT2D eigenvalue weighted by Crippen LogP contribution is 2.33. The molecule has 13 heteroatoms. The maximum atomic E-state index is 10.6. The van der Waals surface area contributed by atoms with E-state index in [9.17, 15) is 26.3 Å². The first-order chi connectivity index (χ1) is 14.7. The number of carbonyl (C=O) groups is 2. The van der Waals surface area contributed by atoms with Crippen LogP contribution < -0.4 is 0 Å². The maximum Gasteiger partial charge on any atom is 0.490 e. The maximum absolute atomic E-state index is 10.6. The Morgan fingerprint density at radius 1 is 1.03 bits per heavy atom. The third kappa shape index (κ3) is 8.79. The Morgan fingerprint density at radius 2 is 1.47 bits per heavy atom. The Kier molecular flexibility index (Phi) is 10.2. The number of hydrogen-bond acceptors (Lipinski definition) is 5. The lowest BCUT2D eigenvalue weighted by atomic mass is 10.1. The number of thiophene rings is 1. The number of aryl methyl sites for hydroxylation is 1. The van der Waals surface area contributed by atoms with Crippen molar-refractivity contribution < 1.29 is 46.1 Å². The van der Waals surface area contributed by atoms with Crippen LogP contribution in [0.5, 0.6) is 0 Å². The normalized spacial score (nSPS) is 21.1. The number of halogens is 6. The molecule has 6 nitrogen and oxygen atoms in total. The van der Waals surface area contributed by atoms with E-state index in [1.807, 2.05) is 17.4 Å². The molecule has 1 aromatic heterocycles. The second-order valence-corrected chi connectivity index (χ2v) is 8.46. The lowest BCUT2D eigenvalue weighted by molar-refractivity contribution is -0.193. The van der Waals surface area contributed by atoms with Crippen molar-refractivity contribution in [2.24, 2.45) is 0 Å². The van der Waals surface area contributed by atoms with Gasteiger partial charge in [-0.15, -0.1) is 17.9 Å². The van der Waals surface area contributed by atoms with Crippen LogP contribution in [0, 0.1) is 6.92 Å². The average Bonchev–Trinajstić information content (AvgIpc) is 3.34. The van der Waals surface area contributed by atoms with Crippen LogP contribution in [0.25, 0.3) is 0 Å². The molecule has 1 aromatic rings. The first kappa shape index (κ1) is 27.9. The van der Waals surface area contributed by atoms with E-state index in [-0.39, 0.29) is 0 Å². The van der Waals surface area contributed by atoms with Crippen molar-refractivity contribution in [2.75, 3.05) is 19.6 Å². The molecule has 0 spiro atoms. The van der Waals surface area contributed by atoms with Crippen molar-refractivity contribution in [3.05, 3.63) is 34.5 Å². The van der Waals surface area contributed by atoms with Gasteiger partial charge in [-0.3, -0.25) is 9.80 Å². The molecule has 0 aliphatic carbocycles. The number of fused-ring (bicyclic) bond motifs is 1. The molecule has 2 saturated heterocycles. The zero-order valence-corrected chi connectivity index (χ0v) is 17.9. The largest absolute Gasteiger partial charge is 0.490 e. The molecule has 0 unspecified atom stereocenters. The highest BCUT2D eigenvalue weighted by molar-refractivity contribution is 7.11. The Balaban J connectivity index is 0.000000305. The van der Waals surface area contributed by atoms with Gasteiger partial charge in [-0.05, 0) is 31.9 Å². The number of carboxylic acids is 2. The van der Waals surface area contributed by atoms with Gasteiger partial charge in [-0.2, -0.15) is 26.3 Å². The summed E-state index contributed by atoms with van der Waals surface area (Å²) in [7, 11) is 0. The van der Waals surface area contributed by atoms with Crippen LogP contribution in [0.1, 0.15) is 22.6 Å². The molecule has 2 aliphatic rings. The second kappa shape index (κ2) is 11.7. The summed E-state index contributed by atoms with van der Waals surface area (Å²) in [6.07, 6.45) is -5.45. The van der Waals surface area contributed by atoms with Gasteiger partial charge < -0.3 is 10.2 Å². The SMILES string of the molecule is C=CCN1CC[C@@H]2[C@@H]1CCN2Cc1ccc(C)s1.O=C(O)C(F)(F)F.O=C(O)C(F)(F)F. The molecule has 3 heterocycles. The Labute approximate surface area is 184 Å². The van der Waals surface area contributed by atoms with E-state index in [1.54, 1.807) is 0 Å². The van der Waals surface area contributed by atoms with Gasteiger partial charge in [0.15, 0.2) is 0 Å². The number of rotatable bonds is 4. The van der Waals surface area contributed by atoms with Gasteiger partial charge in [0.2, 0.25) is 0 Å². The van der Waals surface area contributed by atoms with Crippen LogP contribution >= 0.6 is 11.3 Å². The fraction of sp³-hybridized carbons (Fsp3) is 0.579. The molecular formula is C19H24F6N2O4S. The zero-order valence-electron chi connectivity index (χ0n) is 17.1. The average molecular weight is 490 g/mol. The van der Waals surface area contributed by atoms with E-state index in [1.165, 1.54) is 35.7 Å². The van der Waals surface area contributed by atoms with E-state index < -0.39 is 24.3 Å². The van der Waals surface area contributed by atoms with Crippen molar-refractivity contribution >= 4 is 23.3 Å². The van der Waals surface area contributed by atoms with Crippen LogP contribution in [-0.2, 0) is 16.1 Å². The molecule has 0 saturated carbocycles. The van der Waals surface area contributed by atoms with Gasteiger partial charge >= 0.3 is 24.3 Å². The predicted octanol–water partition coefficient (Wildman–Crippen LogP) is 4.16. The predicted molar refractivity (Wildman–Crippen MR) is 105 cm³/mol. The van der Waals surface area contributed by atoms with Crippen molar-refractivity contribution in [2.45, 2.75) is 50.7 Å². The summed E-state index contributed by atoms with van der Waals surface area (Å²) >= 11 is 1.95. The molecular weight excluding hydrogens is 466 g/mol. The number of likely N-dealkylation sites (tertiary alicyclic amines) is 2. The molecule has 2 N–H and O–H groups in total. The zero-order chi connectivity index (χ0) is 24.7. The molecule has 32 heavy (non-hydrogen) atoms. The van der Waals surface area contributed by atoms with Crippen molar-refractivity contribution in [1.82, 2.24) is 9.80 Å². The molecule has 0 amide bonds. The topological polar surface area (TPSA) is 81.1 Å². The van der Waals surface area contributed by atoms with Crippen molar-refractivity contribution in [1.29, 1.82) is 0 Å². The van der Waals surface area contributed by atoms with E-state index in [4.69, 9.17) is 19.8 Å². The van der Waals surface area contributed by atoms with E-state index >= 15 is 0 Å². The second-order valence-electron chi connectivity index (χ2n) is 7.08. The number of aliphatic carboxylic acids is 2. The van der Waals surface area contributed by atoms with Crippen LogP contribution in [0.4, 0.5) is 26.3 Å². The minimum Gasteiger partial charge on any atom is -0.475 e. The summed E-state index contributed by atoms with van der Waals surface area (Å²) < 4.78 is 63.5. The Morgan fingerprint density at radius 3 is 1.84 bits per heavy atom. The molecule has 2 fully saturated rings. The minimum atomic E-state index is -5.08. The lowest BCUT2D eigenvalue weighted by Crippen LogP contribution is -2.36. The van der Waals surface area contributed by atoms with Gasteiger partial charge in [0.05, 0.1) is 0 Å². The molecule has 0 aromatic carbocycles. The molecule has 182 valence electrons. The van der Waals surface area contributed by atoms with Gasteiger partial charge in [0.25, 0.3) is 0 Å². The Bertz CT molecular complexity index is 757. The van der Waals surface area contributed by atoms with E-state index in [0.29, 0.717) is 0 Å². The van der Waals surface area contributed by atoms with E-state index in [0.717, 1.165) is 25.2 Å². The summed E-state index contributed by atoms with van der Waals surface area (Å²) in [5.74, 6) is -5.51. The first-order valence-corrected chi connectivity index (χ1v) is 10.2. The standard InChI is InChI=1S/C15H22N2S.2C2HF3O2/c1-3-8-16-9-6-15-14(16)7-10-17(15)11-13-5-4-12(2)18-13;2*3-2(4,5)1(6)7/h3-5,14-15H,1,6-11H2,2H3;2*(H,6,7)/t14-,15+;;/m0../s1. The van der Waals surface area contributed by atoms with Gasteiger partial charge in [0, 0.05) is 48.0 Å². The molecule has 0 bridgehead atoms. The third-order valence-electron chi connectivity index (χ3n) is 4.81. The Hall–Kier alpha value is -2.12. The molecule has 2 aliphatic heterocycles. The third-order valence-corrected chi connectivity index (χ3v) is 5.80. The van der Waals surface area contributed by atoms with Gasteiger partial charge in [0.1, 0.15) is 0 Å². The van der Waals surface area contributed by atoms with Crippen LogP contribution in [-0.4, -0.2) is 76.0 Å². The number of carboxylic acid groups (broad SMARTS) is 2. The quantitative estimate of drug-likeness (QED) is 0.488. The minimum absolute atomic E-state index is 0.782. The fourth-order valence-corrected chi connectivity index (χ4v) is 4.44. The van der Waals surface area contributed by atoms with Crippen molar-refractivity contribution in [3.63, 3.8) is 0 Å². The summed E-state index contributed by atoms with van der Waals surface area (Å²) in [6.45, 7) is 10.8. The van der Waals surface area contributed by atoms with Gasteiger partial charge in [-0.1, -0.05) is 6.08 Å². The highest BCUT2D eigenvalue weighted by atomic mass is 32.1. The van der Waals surface area contributed by atoms with Crippen LogP contribution in [0.2, 0.25) is 0 Å². The lowest BCUT2D eigenvalue weighted by Gasteiger charge is -2.24. The van der Waals surface area contributed by atoms with Crippen LogP contribution in [0.15, 0.2) is 24.8 Å². The first-order valence-electron chi connectivity index (χ1n) is 9.41. The fourth-order valence-electron chi connectivity index (χ4n) is 3.52. The monoisotopic (exact) mass is 490 g/mol. The summed E-state index contributed by atoms with van der Waals surface area (Å²) in [5.41, 5.74) is 0.